The minimum atomic E-state index is -4.76. The van der Waals surface area contributed by atoms with E-state index in [9.17, 15) is 23.2 Å². The molecular formula is C36H30F3N5O2. The van der Waals surface area contributed by atoms with Crippen molar-refractivity contribution in [3.63, 3.8) is 0 Å². The number of hydrogen-bond donors (Lipinski definition) is 1. The van der Waals surface area contributed by atoms with Crippen LogP contribution in [0.1, 0.15) is 45.7 Å². The van der Waals surface area contributed by atoms with Gasteiger partial charge >= 0.3 is 6.18 Å². The second-order valence-electron chi connectivity index (χ2n) is 11.2. The van der Waals surface area contributed by atoms with Crippen LogP contribution in [0.25, 0.3) is 5.69 Å². The van der Waals surface area contributed by atoms with Crippen LogP contribution in [0.3, 0.4) is 0 Å². The topological polar surface area (TPSA) is 83.2 Å². The largest absolute Gasteiger partial charge is 0.487 e. The number of ether oxygens (including phenoxy) is 1. The molecule has 1 aromatic heterocycles. The molecule has 232 valence electrons. The molecule has 0 spiro atoms. The summed E-state index contributed by atoms with van der Waals surface area (Å²) < 4.78 is 48.1. The Balaban J connectivity index is 1.24. The zero-order valence-corrected chi connectivity index (χ0v) is 24.7. The predicted octanol–water partition coefficient (Wildman–Crippen LogP) is 8.01. The fourth-order valence-corrected chi connectivity index (χ4v) is 5.18. The van der Waals surface area contributed by atoms with Crippen LogP contribution in [-0.2, 0) is 19.3 Å². The van der Waals surface area contributed by atoms with Crippen molar-refractivity contribution in [1.82, 2.24) is 9.78 Å². The van der Waals surface area contributed by atoms with E-state index in [4.69, 9.17) is 4.74 Å². The molecule has 1 aliphatic rings. The Morgan fingerprint density at radius 1 is 0.935 bits per heavy atom. The highest BCUT2D eigenvalue weighted by molar-refractivity contribution is 6.03. The number of nitrogens with one attached hydrogen (secondary N) is 1. The van der Waals surface area contributed by atoms with Crippen LogP contribution in [0, 0.1) is 17.2 Å². The van der Waals surface area contributed by atoms with Crippen LogP contribution in [-0.4, -0.2) is 22.2 Å². The summed E-state index contributed by atoms with van der Waals surface area (Å²) in [6, 6.07) is 33.7. The van der Waals surface area contributed by atoms with E-state index in [0.29, 0.717) is 30.8 Å². The normalized spacial score (nSPS) is 12.7. The van der Waals surface area contributed by atoms with Gasteiger partial charge in [-0.15, -0.1) is 0 Å². The molecule has 0 aliphatic heterocycles. The molecule has 46 heavy (non-hydrogen) atoms. The van der Waals surface area contributed by atoms with E-state index in [0.717, 1.165) is 46.6 Å². The van der Waals surface area contributed by atoms with Crippen LogP contribution in [0.15, 0.2) is 109 Å². The van der Waals surface area contributed by atoms with Crippen molar-refractivity contribution in [2.24, 2.45) is 5.92 Å². The molecule has 5 aromatic rings. The van der Waals surface area contributed by atoms with Gasteiger partial charge in [-0.25, -0.2) is 4.68 Å². The molecule has 0 bridgehead atoms. The second-order valence-corrected chi connectivity index (χ2v) is 11.2. The van der Waals surface area contributed by atoms with Gasteiger partial charge in [0, 0.05) is 24.8 Å². The van der Waals surface area contributed by atoms with E-state index in [1.165, 1.54) is 24.3 Å². The molecular weight excluding hydrogens is 591 g/mol. The number of carbonyl (C=O) groups is 1. The monoisotopic (exact) mass is 621 g/mol. The van der Waals surface area contributed by atoms with Gasteiger partial charge in [0.05, 0.1) is 23.0 Å². The summed E-state index contributed by atoms with van der Waals surface area (Å²) in [5.41, 5.74) is 2.22. The number of para-hydroxylation sites is 2. The summed E-state index contributed by atoms with van der Waals surface area (Å²) in [6.45, 7) is 1.80. The molecule has 0 radical (unpaired) electrons. The Morgan fingerprint density at radius 3 is 2.43 bits per heavy atom. The molecule has 4 aromatic carbocycles. The fraction of sp³-hybridized carbons (Fsp3) is 0.194. The zero-order chi connectivity index (χ0) is 32.1. The molecule has 1 heterocycles. The number of nitrogens with zero attached hydrogens (tertiary/aromatic N) is 4. The highest BCUT2D eigenvalue weighted by Crippen LogP contribution is 2.36. The molecule has 1 fully saturated rings. The van der Waals surface area contributed by atoms with Gasteiger partial charge in [-0.05, 0) is 72.4 Å². The molecule has 7 nitrogen and oxygen atoms in total. The summed E-state index contributed by atoms with van der Waals surface area (Å²) in [6.07, 6.45) is -2.45. The first-order valence-corrected chi connectivity index (χ1v) is 14.9. The van der Waals surface area contributed by atoms with Gasteiger partial charge in [-0.3, -0.25) is 4.79 Å². The molecule has 6 rings (SSSR count). The lowest BCUT2D eigenvalue weighted by Gasteiger charge is -2.27. The summed E-state index contributed by atoms with van der Waals surface area (Å²) in [5, 5.41) is 15.7. The number of anilines is 2. The lowest BCUT2D eigenvalue weighted by molar-refractivity contribution is -0.141. The number of benzene rings is 4. The van der Waals surface area contributed by atoms with E-state index in [1.54, 1.807) is 12.1 Å². The molecule has 0 saturated heterocycles. The first kappa shape index (κ1) is 30.5. The average molecular weight is 622 g/mol. The van der Waals surface area contributed by atoms with Crippen molar-refractivity contribution in [2.45, 2.75) is 32.2 Å². The molecule has 1 N–H and O–H groups in total. The van der Waals surface area contributed by atoms with Gasteiger partial charge in [-0.2, -0.15) is 23.5 Å². The number of amides is 1. The van der Waals surface area contributed by atoms with Gasteiger partial charge in [0.1, 0.15) is 18.1 Å². The van der Waals surface area contributed by atoms with Gasteiger partial charge in [0.15, 0.2) is 5.69 Å². The Hall–Kier alpha value is -5.56. The van der Waals surface area contributed by atoms with E-state index in [2.05, 4.69) is 15.3 Å². The Bertz CT molecular complexity index is 1880. The second kappa shape index (κ2) is 13.2. The van der Waals surface area contributed by atoms with Gasteiger partial charge in [0.25, 0.3) is 5.91 Å². The average Bonchev–Trinajstić information content (AvgIpc) is 3.76. The number of aromatic nitrogens is 2. The number of carbonyl (C=O) groups excluding carboxylic acids is 1. The Kier molecular flexibility index (Phi) is 8.74. The number of nitriles is 1. The predicted molar refractivity (Wildman–Crippen MR) is 169 cm³/mol. The molecule has 1 amide bonds. The summed E-state index contributed by atoms with van der Waals surface area (Å²) in [4.78, 5) is 15.7. The Morgan fingerprint density at radius 2 is 1.67 bits per heavy atom. The number of hydrogen-bond acceptors (Lipinski definition) is 5. The first-order valence-electron chi connectivity index (χ1n) is 14.9. The maximum absolute atomic E-state index is 13.6. The fourth-order valence-electron chi connectivity index (χ4n) is 5.18. The third-order valence-electron chi connectivity index (χ3n) is 7.63. The minimum absolute atomic E-state index is 0.164. The molecule has 0 atom stereocenters. The van der Waals surface area contributed by atoms with Crippen LogP contribution < -0.4 is 15.0 Å². The summed E-state index contributed by atoms with van der Waals surface area (Å²) in [5.74, 6) is 0.579. The minimum Gasteiger partial charge on any atom is -0.487 e. The van der Waals surface area contributed by atoms with Crippen LogP contribution >= 0.6 is 0 Å². The van der Waals surface area contributed by atoms with Crippen molar-refractivity contribution in [1.29, 1.82) is 5.26 Å². The number of rotatable bonds is 11. The van der Waals surface area contributed by atoms with Gasteiger partial charge in [0.2, 0.25) is 0 Å². The maximum Gasteiger partial charge on any atom is 0.435 e. The van der Waals surface area contributed by atoms with E-state index in [1.807, 2.05) is 72.8 Å². The number of alkyl halides is 3. The lowest BCUT2D eigenvalue weighted by atomic mass is 10.1. The molecule has 1 saturated carbocycles. The highest BCUT2D eigenvalue weighted by Gasteiger charge is 2.36. The van der Waals surface area contributed by atoms with Crippen molar-refractivity contribution in [3.05, 3.63) is 137 Å². The highest BCUT2D eigenvalue weighted by atomic mass is 19.4. The van der Waals surface area contributed by atoms with Gasteiger partial charge < -0.3 is 15.0 Å². The van der Waals surface area contributed by atoms with Crippen molar-refractivity contribution in [2.75, 3.05) is 16.8 Å². The quantitative estimate of drug-likeness (QED) is 0.162. The van der Waals surface area contributed by atoms with Crippen molar-refractivity contribution < 1.29 is 22.7 Å². The van der Waals surface area contributed by atoms with Gasteiger partial charge in [-0.1, -0.05) is 60.7 Å². The lowest BCUT2D eigenvalue weighted by Crippen LogP contribution is -2.26. The maximum atomic E-state index is 13.6. The third kappa shape index (κ3) is 7.38. The first-order chi connectivity index (χ1) is 22.3. The molecule has 10 heteroatoms. The van der Waals surface area contributed by atoms with Crippen molar-refractivity contribution in [3.8, 4) is 17.5 Å². The van der Waals surface area contributed by atoms with Crippen LogP contribution in [0.2, 0.25) is 0 Å². The summed E-state index contributed by atoms with van der Waals surface area (Å²) >= 11 is 0. The van der Waals surface area contributed by atoms with Crippen LogP contribution in [0.4, 0.5) is 24.5 Å². The van der Waals surface area contributed by atoms with E-state index >= 15 is 0 Å². The zero-order valence-electron chi connectivity index (χ0n) is 24.7. The van der Waals surface area contributed by atoms with Crippen molar-refractivity contribution >= 4 is 17.3 Å². The number of halogens is 3. The Labute approximate surface area is 264 Å². The molecule has 1 aliphatic carbocycles. The molecule has 0 unspecified atom stereocenters. The van der Waals surface area contributed by atoms with E-state index in [-0.39, 0.29) is 16.9 Å². The third-order valence-corrected chi connectivity index (χ3v) is 7.63. The SMILES string of the molecule is N#Cc1cccc(-n2nc(C(F)(F)F)cc2C(=O)Nc2cccc(CN(CC3CC3)c3ccccc3OCc3ccccc3)c2)c1. The summed E-state index contributed by atoms with van der Waals surface area (Å²) in [7, 11) is 0. The van der Waals surface area contributed by atoms with E-state index < -0.39 is 17.8 Å². The smallest absolute Gasteiger partial charge is 0.435 e. The standard InChI is InChI=1S/C36H30F3N5O2/c37-36(38,39)34-20-32(44(42-34)30-13-7-10-27(19-30)21-40)35(45)41-29-12-6-11-28(18-29)23-43(22-25-16-17-25)31-14-4-5-15-33(31)46-24-26-8-2-1-3-9-26/h1-15,18-20,25H,16-17,22-24H2,(H,41,45). The van der Waals surface area contributed by atoms with Crippen LogP contribution in [0.5, 0.6) is 5.75 Å².